The number of ether oxygens (including phenoxy) is 1. The van der Waals surface area contributed by atoms with Gasteiger partial charge in [-0.15, -0.1) is 6.42 Å². The summed E-state index contributed by atoms with van der Waals surface area (Å²) in [6, 6.07) is 7.15. The molecule has 1 aromatic carbocycles. The van der Waals surface area contributed by atoms with Gasteiger partial charge in [-0.3, -0.25) is 4.79 Å². The van der Waals surface area contributed by atoms with Gasteiger partial charge in [-0.05, 0) is 38.5 Å². The molecule has 18 heavy (non-hydrogen) atoms. The topological polar surface area (TPSA) is 42.1 Å². The third-order valence-electron chi connectivity index (χ3n) is 2.74. The summed E-state index contributed by atoms with van der Waals surface area (Å²) in [5.74, 6) is 3.21. The molecule has 2 rings (SSSR count). The van der Waals surface area contributed by atoms with E-state index in [1.54, 1.807) is 12.1 Å². The number of benzene rings is 1. The van der Waals surface area contributed by atoms with Gasteiger partial charge in [-0.1, -0.05) is 5.92 Å². The van der Waals surface area contributed by atoms with Gasteiger partial charge in [0.25, 0.3) is 0 Å². The van der Waals surface area contributed by atoms with Crippen LogP contribution in [0.2, 0.25) is 0 Å². The molecule has 0 amide bonds. The monoisotopic (exact) mass is 241 g/mol. The lowest BCUT2D eigenvalue weighted by Crippen LogP contribution is -2.25. The average molecular weight is 241 g/mol. The van der Waals surface area contributed by atoms with Crippen molar-refractivity contribution < 1.29 is 4.74 Å². The van der Waals surface area contributed by atoms with Crippen LogP contribution in [-0.4, -0.2) is 10.6 Å². The number of pyridine rings is 1. The molecular weight excluding hydrogens is 226 g/mol. The Morgan fingerprint density at radius 2 is 2.06 bits per heavy atom. The second-order valence-electron chi connectivity index (χ2n) is 4.78. The zero-order valence-electron chi connectivity index (χ0n) is 10.7. The molecule has 3 heteroatoms. The second kappa shape index (κ2) is 4.23. The summed E-state index contributed by atoms with van der Waals surface area (Å²) < 4.78 is 5.68. The van der Waals surface area contributed by atoms with Crippen LogP contribution in [0, 0.1) is 19.3 Å². The Hall–Kier alpha value is -2.21. The first kappa shape index (κ1) is 12.3. The SMILES string of the molecule is C#CC(C)(C)Oc1ccc2c(C)cc(=O)[nH]c2c1. The summed E-state index contributed by atoms with van der Waals surface area (Å²) in [5, 5.41) is 1.00. The zero-order valence-corrected chi connectivity index (χ0v) is 10.7. The molecule has 3 nitrogen and oxygen atoms in total. The van der Waals surface area contributed by atoms with Gasteiger partial charge >= 0.3 is 0 Å². The van der Waals surface area contributed by atoms with E-state index >= 15 is 0 Å². The van der Waals surface area contributed by atoms with Crippen LogP contribution in [0.3, 0.4) is 0 Å². The van der Waals surface area contributed by atoms with Crippen LogP contribution in [0.5, 0.6) is 5.75 Å². The van der Waals surface area contributed by atoms with Crippen molar-refractivity contribution in [2.75, 3.05) is 0 Å². The van der Waals surface area contributed by atoms with Crippen LogP contribution in [0.1, 0.15) is 19.4 Å². The van der Waals surface area contributed by atoms with E-state index in [2.05, 4.69) is 10.9 Å². The van der Waals surface area contributed by atoms with Gasteiger partial charge in [0.2, 0.25) is 5.56 Å². The Morgan fingerprint density at radius 3 is 2.72 bits per heavy atom. The minimum Gasteiger partial charge on any atom is -0.475 e. The molecule has 0 atom stereocenters. The lowest BCUT2D eigenvalue weighted by atomic mass is 10.1. The van der Waals surface area contributed by atoms with E-state index in [4.69, 9.17) is 11.2 Å². The number of aromatic amines is 1. The Labute approximate surface area is 106 Å². The zero-order chi connectivity index (χ0) is 13.3. The molecule has 0 fully saturated rings. The van der Waals surface area contributed by atoms with E-state index in [1.807, 2.05) is 32.9 Å². The van der Waals surface area contributed by atoms with Crippen molar-refractivity contribution in [1.82, 2.24) is 4.98 Å². The molecule has 2 aromatic rings. The molecule has 0 saturated heterocycles. The van der Waals surface area contributed by atoms with Crippen molar-refractivity contribution in [2.45, 2.75) is 26.4 Å². The van der Waals surface area contributed by atoms with E-state index in [0.717, 1.165) is 16.5 Å². The van der Waals surface area contributed by atoms with Crippen molar-refractivity contribution in [3.8, 4) is 18.1 Å². The highest BCUT2D eigenvalue weighted by Gasteiger charge is 2.15. The lowest BCUT2D eigenvalue weighted by Gasteiger charge is -2.20. The molecular formula is C15H15NO2. The Balaban J connectivity index is 2.52. The van der Waals surface area contributed by atoms with E-state index in [1.165, 1.54) is 0 Å². The van der Waals surface area contributed by atoms with Gasteiger partial charge < -0.3 is 9.72 Å². The molecule has 1 heterocycles. The summed E-state index contributed by atoms with van der Waals surface area (Å²) >= 11 is 0. The molecule has 1 aromatic heterocycles. The van der Waals surface area contributed by atoms with Gasteiger partial charge in [0, 0.05) is 17.5 Å². The van der Waals surface area contributed by atoms with Gasteiger partial charge in [0.05, 0.1) is 5.52 Å². The number of terminal acetylenes is 1. The first-order valence-electron chi connectivity index (χ1n) is 5.72. The summed E-state index contributed by atoms with van der Waals surface area (Å²) in [4.78, 5) is 14.2. The Morgan fingerprint density at radius 1 is 1.33 bits per heavy atom. The quantitative estimate of drug-likeness (QED) is 0.821. The molecule has 0 saturated carbocycles. The molecule has 0 unspecified atom stereocenters. The summed E-state index contributed by atoms with van der Waals surface area (Å²) in [5.41, 5.74) is 0.910. The number of aryl methyl sites for hydroxylation is 1. The summed E-state index contributed by atoms with van der Waals surface area (Å²) in [7, 11) is 0. The van der Waals surface area contributed by atoms with Crippen LogP contribution >= 0.6 is 0 Å². The maximum absolute atomic E-state index is 11.4. The van der Waals surface area contributed by atoms with Crippen LogP contribution < -0.4 is 10.3 Å². The molecule has 0 aliphatic carbocycles. The Kier molecular flexibility index (Phi) is 2.88. The number of fused-ring (bicyclic) bond motifs is 1. The number of rotatable bonds is 2. The molecule has 0 aliphatic heterocycles. The standard InChI is InChI=1S/C15H15NO2/c1-5-15(3,4)18-11-6-7-12-10(2)8-14(17)16-13(12)9-11/h1,6-9H,2-4H3,(H,16,17). The smallest absolute Gasteiger partial charge is 0.248 e. The number of nitrogens with one attached hydrogen (secondary N) is 1. The normalized spacial score (nSPS) is 11.2. The molecule has 1 N–H and O–H groups in total. The summed E-state index contributed by atoms with van der Waals surface area (Å²) in [6.07, 6.45) is 5.38. The van der Waals surface area contributed by atoms with Crippen molar-refractivity contribution >= 4 is 10.9 Å². The maximum atomic E-state index is 11.4. The highest BCUT2D eigenvalue weighted by molar-refractivity contribution is 5.83. The lowest BCUT2D eigenvalue weighted by molar-refractivity contribution is 0.173. The second-order valence-corrected chi connectivity index (χ2v) is 4.78. The van der Waals surface area contributed by atoms with Crippen molar-refractivity contribution in [2.24, 2.45) is 0 Å². The van der Waals surface area contributed by atoms with Gasteiger partial charge in [0.15, 0.2) is 5.60 Å². The van der Waals surface area contributed by atoms with Gasteiger partial charge in [-0.2, -0.15) is 0 Å². The predicted molar refractivity (Wildman–Crippen MR) is 72.8 cm³/mol. The average Bonchev–Trinajstić information content (AvgIpc) is 2.27. The van der Waals surface area contributed by atoms with Crippen LogP contribution in [0.4, 0.5) is 0 Å². The third-order valence-corrected chi connectivity index (χ3v) is 2.74. The fourth-order valence-corrected chi connectivity index (χ4v) is 1.80. The van der Waals surface area contributed by atoms with Crippen LogP contribution in [0.15, 0.2) is 29.1 Å². The number of aromatic nitrogens is 1. The number of H-pyrrole nitrogens is 1. The molecule has 0 spiro atoms. The molecule has 0 bridgehead atoms. The highest BCUT2D eigenvalue weighted by Crippen LogP contribution is 2.23. The molecule has 0 radical (unpaired) electrons. The van der Waals surface area contributed by atoms with Crippen LogP contribution in [0.25, 0.3) is 10.9 Å². The highest BCUT2D eigenvalue weighted by atomic mass is 16.5. The first-order chi connectivity index (χ1) is 8.41. The first-order valence-corrected chi connectivity index (χ1v) is 5.72. The molecule has 0 aliphatic rings. The maximum Gasteiger partial charge on any atom is 0.248 e. The number of hydrogen-bond donors (Lipinski definition) is 1. The molecule has 92 valence electrons. The fourth-order valence-electron chi connectivity index (χ4n) is 1.80. The predicted octanol–water partition coefficient (Wildman–Crippen LogP) is 2.63. The summed E-state index contributed by atoms with van der Waals surface area (Å²) in [6.45, 7) is 5.54. The minimum atomic E-state index is -0.669. The largest absolute Gasteiger partial charge is 0.475 e. The van der Waals surface area contributed by atoms with Crippen LogP contribution in [-0.2, 0) is 0 Å². The van der Waals surface area contributed by atoms with Crippen molar-refractivity contribution in [3.05, 3.63) is 40.2 Å². The van der Waals surface area contributed by atoms with Gasteiger partial charge in [0.1, 0.15) is 5.75 Å². The third kappa shape index (κ3) is 2.38. The van der Waals surface area contributed by atoms with E-state index in [9.17, 15) is 4.79 Å². The fraction of sp³-hybridized carbons (Fsp3) is 0.267. The van der Waals surface area contributed by atoms with E-state index in [0.29, 0.717) is 5.75 Å². The van der Waals surface area contributed by atoms with E-state index in [-0.39, 0.29) is 5.56 Å². The van der Waals surface area contributed by atoms with Gasteiger partial charge in [-0.25, -0.2) is 0 Å². The van der Waals surface area contributed by atoms with E-state index < -0.39 is 5.60 Å². The minimum absolute atomic E-state index is 0.117. The number of hydrogen-bond acceptors (Lipinski definition) is 2. The van der Waals surface area contributed by atoms with Crippen molar-refractivity contribution in [3.63, 3.8) is 0 Å². The Bertz CT molecular complexity index is 690. The van der Waals surface area contributed by atoms with Crippen molar-refractivity contribution in [1.29, 1.82) is 0 Å².